The normalized spacial score (nSPS) is 19.6. The second-order valence-electron chi connectivity index (χ2n) is 9.20. The Morgan fingerprint density at radius 2 is 2.23 bits per heavy atom. The van der Waals surface area contributed by atoms with Crippen molar-refractivity contribution in [3.8, 4) is 5.75 Å². The summed E-state index contributed by atoms with van der Waals surface area (Å²) in [5.74, 6) is 1.15. The average molecular weight is 501 g/mol. The molecule has 0 radical (unpaired) electrons. The summed E-state index contributed by atoms with van der Waals surface area (Å²) in [5, 5.41) is 10.3. The Hall–Kier alpha value is -2.58. The lowest BCUT2D eigenvalue weighted by atomic mass is 9.79. The first-order valence-corrected chi connectivity index (χ1v) is 13.2. The second kappa shape index (κ2) is 12.4. The molecule has 0 unspecified atom stereocenters. The monoisotopic (exact) mass is 500 g/mol. The highest BCUT2D eigenvalue weighted by molar-refractivity contribution is 7.99. The molecule has 1 aliphatic rings. The highest BCUT2D eigenvalue weighted by Gasteiger charge is 2.31. The number of carbonyl (C=O) groups is 1. The standard InChI is InChI=1S/C27H33FN2O4S/c1-33-21-4-6-26-24(16-21)23(7-10-29-26)25(28)5-3-19-8-12-30(17-20(19)15-27(31)32)11-2-14-35-22-9-13-34-18-22/h4,6-7,9-10,13,16,18-20,25H,2-3,5,8,11-12,14-15,17H2,1H3,(H,31,32)/t19-,20+,25-/m1/s1. The molecule has 1 N–H and O–H groups in total. The molecule has 1 aromatic carbocycles. The number of likely N-dealkylation sites (tertiary alicyclic amines) is 1. The first-order valence-electron chi connectivity index (χ1n) is 12.2. The van der Waals surface area contributed by atoms with Crippen molar-refractivity contribution in [3.63, 3.8) is 0 Å². The lowest BCUT2D eigenvalue weighted by molar-refractivity contribution is -0.139. The molecule has 8 heteroatoms. The number of piperidine rings is 1. The third kappa shape index (κ3) is 6.98. The van der Waals surface area contributed by atoms with E-state index in [0.717, 1.165) is 54.0 Å². The molecule has 0 aliphatic carbocycles. The number of carboxylic acids is 1. The van der Waals surface area contributed by atoms with Gasteiger partial charge in [-0.1, -0.05) is 0 Å². The average Bonchev–Trinajstić information content (AvgIpc) is 3.38. The van der Waals surface area contributed by atoms with Crippen molar-refractivity contribution in [2.45, 2.75) is 43.2 Å². The van der Waals surface area contributed by atoms with Gasteiger partial charge in [0, 0.05) is 29.4 Å². The molecule has 2 aromatic heterocycles. The molecule has 3 aromatic rings. The summed E-state index contributed by atoms with van der Waals surface area (Å²) in [6.07, 6.45) is 7.08. The first kappa shape index (κ1) is 25.5. The van der Waals surface area contributed by atoms with Gasteiger partial charge in [0.2, 0.25) is 0 Å². The number of thioether (sulfide) groups is 1. The van der Waals surface area contributed by atoms with Crippen LogP contribution in [0.1, 0.15) is 43.8 Å². The molecule has 0 amide bonds. The fourth-order valence-corrected chi connectivity index (χ4v) is 5.85. The van der Waals surface area contributed by atoms with E-state index in [1.807, 2.05) is 24.3 Å². The zero-order valence-corrected chi connectivity index (χ0v) is 20.9. The molecular formula is C27H33FN2O4S. The van der Waals surface area contributed by atoms with E-state index in [0.29, 0.717) is 24.2 Å². The fourth-order valence-electron chi connectivity index (χ4n) is 5.07. The number of hydrogen-bond acceptors (Lipinski definition) is 6. The van der Waals surface area contributed by atoms with Gasteiger partial charge in [0.05, 0.1) is 18.9 Å². The van der Waals surface area contributed by atoms with Crippen LogP contribution < -0.4 is 4.74 Å². The minimum Gasteiger partial charge on any atom is -0.497 e. The predicted molar refractivity (Wildman–Crippen MR) is 136 cm³/mol. The molecule has 6 nitrogen and oxygen atoms in total. The summed E-state index contributed by atoms with van der Waals surface area (Å²) in [6, 6.07) is 9.21. The molecule has 0 spiro atoms. The van der Waals surface area contributed by atoms with Gasteiger partial charge >= 0.3 is 5.97 Å². The van der Waals surface area contributed by atoms with Crippen molar-refractivity contribution in [2.75, 3.05) is 32.5 Å². The number of nitrogens with zero attached hydrogens (tertiary/aromatic N) is 2. The number of ether oxygens (including phenoxy) is 1. The molecular weight excluding hydrogens is 467 g/mol. The number of aliphatic carboxylic acids is 1. The van der Waals surface area contributed by atoms with Crippen LogP contribution in [0.15, 0.2) is 58.4 Å². The number of furan rings is 1. The van der Waals surface area contributed by atoms with Gasteiger partial charge in [0.1, 0.15) is 18.2 Å². The minimum absolute atomic E-state index is 0.0456. The highest BCUT2D eigenvalue weighted by Crippen LogP contribution is 2.36. The van der Waals surface area contributed by atoms with E-state index in [9.17, 15) is 9.90 Å². The number of benzene rings is 1. The Morgan fingerprint density at radius 3 is 3.00 bits per heavy atom. The topological polar surface area (TPSA) is 75.8 Å². The zero-order chi connectivity index (χ0) is 24.6. The van der Waals surface area contributed by atoms with Gasteiger partial charge in [-0.25, -0.2) is 4.39 Å². The number of pyridine rings is 1. The maximum absolute atomic E-state index is 15.4. The molecule has 1 fully saturated rings. The fraction of sp³-hybridized carbons (Fsp3) is 0.481. The number of carboxylic acid groups (broad SMARTS) is 1. The van der Waals surface area contributed by atoms with E-state index >= 15 is 4.39 Å². The maximum atomic E-state index is 15.4. The molecule has 0 saturated carbocycles. The van der Waals surface area contributed by atoms with Gasteiger partial charge in [0.15, 0.2) is 0 Å². The summed E-state index contributed by atoms with van der Waals surface area (Å²) in [5.41, 5.74) is 1.37. The van der Waals surface area contributed by atoms with Gasteiger partial charge in [-0.05, 0) is 92.3 Å². The summed E-state index contributed by atoms with van der Waals surface area (Å²) >= 11 is 1.77. The molecule has 0 bridgehead atoms. The Bertz CT molecular complexity index is 1090. The van der Waals surface area contributed by atoms with Crippen LogP contribution in [-0.4, -0.2) is 53.5 Å². The number of rotatable bonds is 12. The van der Waals surface area contributed by atoms with Crippen LogP contribution in [0.5, 0.6) is 5.75 Å². The number of hydrogen-bond donors (Lipinski definition) is 1. The number of alkyl halides is 1. The SMILES string of the molecule is COc1ccc2nccc([C@H](F)CC[C@@H]3CCN(CCCSc4ccoc4)C[C@@H]3CC(=O)O)c2c1. The molecule has 3 atom stereocenters. The first-order chi connectivity index (χ1) is 17.0. The van der Waals surface area contributed by atoms with E-state index in [1.165, 1.54) is 0 Å². The molecule has 188 valence electrons. The molecule has 4 rings (SSSR count). The minimum atomic E-state index is -1.13. The van der Waals surface area contributed by atoms with Gasteiger partial charge < -0.3 is 19.2 Å². The number of halogens is 1. The van der Waals surface area contributed by atoms with Gasteiger partial charge in [-0.3, -0.25) is 9.78 Å². The van der Waals surface area contributed by atoms with Crippen molar-refractivity contribution < 1.29 is 23.4 Å². The molecule has 1 aliphatic heterocycles. The molecule has 1 saturated heterocycles. The lowest BCUT2D eigenvalue weighted by Gasteiger charge is -2.38. The maximum Gasteiger partial charge on any atom is 0.303 e. The van der Waals surface area contributed by atoms with Crippen LogP contribution in [0.25, 0.3) is 10.9 Å². The van der Waals surface area contributed by atoms with E-state index in [4.69, 9.17) is 9.15 Å². The lowest BCUT2D eigenvalue weighted by Crippen LogP contribution is -2.42. The Balaban J connectivity index is 1.32. The Kier molecular flexibility index (Phi) is 9.04. The van der Waals surface area contributed by atoms with Crippen molar-refractivity contribution in [2.24, 2.45) is 11.8 Å². The van der Waals surface area contributed by atoms with Crippen LogP contribution in [0.4, 0.5) is 4.39 Å². The van der Waals surface area contributed by atoms with Crippen LogP contribution in [0, 0.1) is 11.8 Å². The zero-order valence-electron chi connectivity index (χ0n) is 20.1. The van der Waals surface area contributed by atoms with Crippen molar-refractivity contribution in [1.82, 2.24) is 9.88 Å². The smallest absolute Gasteiger partial charge is 0.303 e. The van der Waals surface area contributed by atoms with Crippen molar-refractivity contribution >= 4 is 28.6 Å². The van der Waals surface area contributed by atoms with Crippen LogP contribution in [0.3, 0.4) is 0 Å². The van der Waals surface area contributed by atoms with Gasteiger partial charge in [0.25, 0.3) is 0 Å². The summed E-state index contributed by atoms with van der Waals surface area (Å²) < 4.78 is 25.9. The second-order valence-corrected chi connectivity index (χ2v) is 10.4. The summed E-state index contributed by atoms with van der Waals surface area (Å²) in [6.45, 7) is 2.65. The quantitative estimate of drug-likeness (QED) is 0.234. The number of aromatic nitrogens is 1. The third-order valence-corrected chi connectivity index (χ3v) is 7.96. The number of methoxy groups -OCH3 is 1. The van der Waals surface area contributed by atoms with E-state index in [-0.39, 0.29) is 18.3 Å². The number of fused-ring (bicyclic) bond motifs is 1. The van der Waals surface area contributed by atoms with Crippen molar-refractivity contribution in [1.29, 1.82) is 0 Å². The third-order valence-electron chi connectivity index (χ3n) is 6.91. The molecule has 35 heavy (non-hydrogen) atoms. The van der Waals surface area contributed by atoms with Crippen LogP contribution in [-0.2, 0) is 4.79 Å². The van der Waals surface area contributed by atoms with Crippen molar-refractivity contribution in [3.05, 3.63) is 54.6 Å². The Labute approximate surface area is 209 Å². The summed E-state index contributed by atoms with van der Waals surface area (Å²) in [4.78, 5) is 19.4. The predicted octanol–water partition coefficient (Wildman–Crippen LogP) is 6.22. The van der Waals surface area contributed by atoms with Crippen LogP contribution >= 0.6 is 11.8 Å². The van der Waals surface area contributed by atoms with Gasteiger partial charge in [-0.2, -0.15) is 0 Å². The van der Waals surface area contributed by atoms with E-state index in [2.05, 4.69) is 9.88 Å². The van der Waals surface area contributed by atoms with E-state index in [1.54, 1.807) is 43.7 Å². The van der Waals surface area contributed by atoms with Crippen LogP contribution in [0.2, 0.25) is 0 Å². The van der Waals surface area contributed by atoms with E-state index < -0.39 is 12.1 Å². The highest BCUT2D eigenvalue weighted by atomic mass is 32.2. The largest absolute Gasteiger partial charge is 0.497 e. The molecule has 3 heterocycles. The Morgan fingerprint density at radius 1 is 1.34 bits per heavy atom. The summed E-state index contributed by atoms with van der Waals surface area (Å²) in [7, 11) is 1.59. The van der Waals surface area contributed by atoms with Gasteiger partial charge in [-0.15, -0.1) is 11.8 Å².